The third-order valence-corrected chi connectivity index (χ3v) is 7.59. The van der Waals surface area contributed by atoms with E-state index in [1.165, 1.54) is 16.9 Å². The van der Waals surface area contributed by atoms with E-state index in [4.69, 9.17) is 9.47 Å². The molecule has 2 aromatic carbocycles. The van der Waals surface area contributed by atoms with E-state index in [2.05, 4.69) is 17.0 Å². The first-order valence-corrected chi connectivity index (χ1v) is 12.4. The van der Waals surface area contributed by atoms with Gasteiger partial charge in [-0.15, -0.1) is 0 Å². The molecule has 0 spiro atoms. The van der Waals surface area contributed by atoms with Gasteiger partial charge in [0.1, 0.15) is 12.4 Å². The van der Waals surface area contributed by atoms with E-state index in [-0.39, 0.29) is 30.4 Å². The van der Waals surface area contributed by atoms with Crippen LogP contribution in [-0.4, -0.2) is 78.0 Å². The molecule has 0 saturated heterocycles. The number of ether oxygens (including phenoxy) is 2. The number of sulfonamides is 1. The van der Waals surface area contributed by atoms with Crippen LogP contribution in [-0.2, 0) is 32.4 Å². The molecule has 0 fully saturated rings. The number of ketones is 1. The molecule has 8 heteroatoms. The zero-order chi connectivity index (χ0) is 24.6. The average molecular weight is 477 g/mol. The second kappa shape index (κ2) is 12.3. The van der Waals surface area contributed by atoms with Crippen molar-refractivity contribution < 1.29 is 22.7 Å². The topological polar surface area (TPSA) is 76.1 Å². The maximum absolute atomic E-state index is 13.0. The van der Waals surface area contributed by atoms with Crippen LogP contribution in [0.15, 0.2) is 41.3 Å². The van der Waals surface area contributed by atoms with Gasteiger partial charge < -0.3 is 14.4 Å². The van der Waals surface area contributed by atoms with Crippen LogP contribution in [0.4, 0.5) is 0 Å². The fourth-order valence-corrected chi connectivity index (χ4v) is 5.10. The Bertz CT molecular complexity index is 1010. The molecule has 7 nitrogen and oxygen atoms in total. The van der Waals surface area contributed by atoms with Crippen LogP contribution in [0.2, 0.25) is 0 Å². The molecule has 2 aromatic rings. The summed E-state index contributed by atoms with van der Waals surface area (Å²) < 4.78 is 38.0. The molecule has 0 N–H and O–H groups in total. The van der Waals surface area contributed by atoms with Gasteiger partial charge in [-0.2, -0.15) is 4.31 Å². The second-order valence-corrected chi connectivity index (χ2v) is 10.5. The Morgan fingerprint density at radius 3 is 2.06 bits per heavy atom. The van der Waals surface area contributed by atoms with Crippen LogP contribution in [0.1, 0.15) is 22.3 Å². The van der Waals surface area contributed by atoms with Gasteiger partial charge in [0, 0.05) is 26.6 Å². The minimum absolute atomic E-state index is 0.0385. The second-order valence-electron chi connectivity index (χ2n) is 8.55. The fourth-order valence-electron chi connectivity index (χ4n) is 3.55. The van der Waals surface area contributed by atoms with E-state index >= 15 is 0 Å². The normalized spacial score (nSPS) is 11.9. The summed E-state index contributed by atoms with van der Waals surface area (Å²) in [5, 5.41) is 0. The van der Waals surface area contributed by atoms with Gasteiger partial charge in [0.15, 0.2) is 5.78 Å². The van der Waals surface area contributed by atoms with Gasteiger partial charge in [0.25, 0.3) is 0 Å². The van der Waals surface area contributed by atoms with Crippen LogP contribution < -0.4 is 4.74 Å². The molecule has 0 amide bonds. The summed E-state index contributed by atoms with van der Waals surface area (Å²) in [5.74, 6) is 0.583. The molecule has 0 unspecified atom stereocenters. The number of hydrogen-bond donors (Lipinski definition) is 0. The van der Waals surface area contributed by atoms with E-state index in [1.807, 2.05) is 26.2 Å². The van der Waals surface area contributed by atoms with E-state index in [1.54, 1.807) is 33.1 Å². The maximum atomic E-state index is 13.0. The van der Waals surface area contributed by atoms with Crippen LogP contribution in [0.5, 0.6) is 5.75 Å². The van der Waals surface area contributed by atoms with Crippen LogP contribution in [0, 0.1) is 13.8 Å². The molecule has 0 aromatic heterocycles. The quantitative estimate of drug-likeness (QED) is 0.414. The Morgan fingerprint density at radius 1 is 0.939 bits per heavy atom. The Hall–Kier alpha value is -2.26. The van der Waals surface area contributed by atoms with Crippen LogP contribution in [0.25, 0.3) is 0 Å². The monoisotopic (exact) mass is 476 g/mol. The molecule has 0 saturated carbocycles. The standard InChI is InChI=1S/C25H36N2O5S/c1-19-15-24(31-6)16-20(2)25(19)33(29,30)27(5)13-14-32-18-23(28)17-22-9-7-21(8-10-22)11-12-26(3)4/h7-10,15-16H,11-14,17-18H2,1-6H3. The summed E-state index contributed by atoms with van der Waals surface area (Å²) in [6, 6.07) is 11.5. The molecule has 0 aliphatic carbocycles. The van der Waals surface area contributed by atoms with Crippen molar-refractivity contribution >= 4 is 15.8 Å². The highest BCUT2D eigenvalue weighted by Crippen LogP contribution is 2.27. The van der Waals surface area contributed by atoms with Gasteiger partial charge in [-0.05, 0) is 68.8 Å². The lowest BCUT2D eigenvalue weighted by Crippen LogP contribution is -2.31. The van der Waals surface area contributed by atoms with Crippen molar-refractivity contribution in [2.45, 2.75) is 31.6 Å². The lowest BCUT2D eigenvalue weighted by Gasteiger charge is -2.20. The molecule has 0 bridgehead atoms. The molecule has 0 aliphatic rings. The van der Waals surface area contributed by atoms with Gasteiger partial charge >= 0.3 is 0 Å². The summed E-state index contributed by atoms with van der Waals surface area (Å²) in [4.78, 5) is 14.7. The number of aryl methyl sites for hydroxylation is 2. The fraction of sp³-hybridized carbons (Fsp3) is 0.480. The lowest BCUT2D eigenvalue weighted by atomic mass is 10.1. The SMILES string of the molecule is COc1cc(C)c(S(=O)(=O)N(C)CCOCC(=O)Cc2ccc(CCN(C)C)cc2)c(C)c1. The molecule has 0 aliphatic heterocycles. The number of carbonyl (C=O) groups is 1. The number of hydrogen-bond acceptors (Lipinski definition) is 6. The van der Waals surface area contributed by atoms with Crippen molar-refractivity contribution in [2.75, 3.05) is 54.6 Å². The molecule has 0 atom stereocenters. The summed E-state index contributed by atoms with van der Waals surface area (Å²) in [6.45, 7) is 4.73. The van der Waals surface area contributed by atoms with E-state index in [0.717, 1.165) is 18.5 Å². The first-order valence-electron chi connectivity index (χ1n) is 11.0. The van der Waals surface area contributed by atoms with E-state index in [9.17, 15) is 13.2 Å². The van der Waals surface area contributed by atoms with Crippen molar-refractivity contribution in [3.05, 3.63) is 58.7 Å². The summed E-state index contributed by atoms with van der Waals surface area (Å²) in [7, 11) is 3.47. The molecule has 0 radical (unpaired) electrons. The number of benzene rings is 2. The lowest BCUT2D eigenvalue weighted by molar-refractivity contribution is -0.122. The van der Waals surface area contributed by atoms with Crippen LogP contribution >= 0.6 is 0 Å². The number of carbonyl (C=O) groups excluding carboxylic acids is 1. The Labute approximate surface area is 198 Å². The minimum atomic E-state index is -3.68. The molecule has 2 rings (SSSR count). The third-order valence-electron chi connectivity index (χ3n) is 5.42. The number of Topliss-reactive ketones (excluding diaryl/α,β-unsaturated/α-hetero) is 1. The zero-order valence-electron chi connectivity index (χ0n) is 20.6. The number of methoxy groups -OCH3 is 1. The first-order chi connectivity index (χ1) is 15.5. The summed E-state index contributed by atoms with van der Waals surface area (Å²) in [5.41, 5.74) is 3.44. The summed E-state index contributed by atoms with van der Waals surface area (Å²) >= 11 is 0. The van der Waals surface area contributed by atoms with Crippen LogP contribution in [0.3, 0.4) is 0 Å². The van der Waals surface area contributed by atoms with Crippen molar-refractivity contribution in [1.29, 1.82) is 0 Å². The van der Waals surface area contributed by atoms with Gasteiger partial charge in [0.05, 0.1) is 18.6 Å². The smallest absolute Gasteiger partial charge is 0.243 e. The van der Waals surface area contributed by atoms with Crippen molar-refractivity contribution in [3.8, 4) is 5.75 Å². The largest absolute Gasteiger partial charge is 0.497 e. The highest BCUT2D eigenvalue weighted by atomic mass is 32.2. The maximum Gasteiger partial charge on any atom is 0.243 e. The number of rotatable bonds is 13. The van der Waals surface area contributed by atoms with E-state index < -0.39 is 10.0 Å². The van der Waals surface area contributed by atoms with Gasteiger partial charge in [-0.1, -0.05) is 24.3 Å². The molecular weight excluding hydrogens is 440 g/mol. The zero-order valence-corrected chi connectivity index (χ0v) is 21.4. The Morgan fingerprint density at radius 2 is 1.52 bits per heavy atom. The predicted molar refractivity (Wildman–Crippen MR) is 131 cm³/mol. The molecule has 0 heterocycles. The molecule has 33 heavy (non-hydrogen) atoms. The Kier molecular flexibility index (Phi) is 10.0. The number of likely N-dealkylation sites (N-methyl/N-ethyl adjacent to an activating group) is 2. The predicted octanol–water partition coefficient (Wildman–Crippen LogP) is 2.87. The molecule has 182 valence electrons. The van der Waals surface area contributed by atoms with Gasteiger partial charge in [-0.3, -0.25) is 4.79 Å². The van der Waals surface area contributed by atoms with Crippen molar-refractivity contribution in [2.24, 2.45) is 0 Å². The minimum Gasteiger partial charge on any atom is -0.497 e. The van der Waals surface area contributed by atoms with E-state index in [0.29, 0.717) is 23.3 Å². The third kappa shape index (κ3) is 7.92. The van der Waals surface area contributed by atoms with Crippen molar-refractivity contribution in [1.82, 2.24) is 9.21 Å². The number of nitrogens with zero attached hydrogens (tertiary/aromatic N) is 2. The van der Waals surface area contributed by atoms with Gasteiger partial charge in [-0.25, -0.2) is 8.42 Å². The average Bonchev–Trinajstić information content (AvgIpc) is 2.75. The Balaban J connectivity index is 1.82. The highest BCUT2D eigenvalue weighted by molar-refractivity contribution is 7.89. The highest BCUT2D eigenvalue weighted by Gasteiger charge is 2.25. The van der Waals surface area contributed by atoms with Gasteiger partial charge in [0.2, 0.25) is 10.0 Å². The summed E-state index contributed by atoms with van der Waals surface area (Å²) in [6.07, 6.45) is 1.27. The first kappa shape index (κ1) is 27.0. The molecular formula is C25H36N2O5S. The van der Waals surface area contributed by atoms with Crippen molar-refractivity contribution in [3.63, 3.8) is 0 Å².